The summed E-state index contributed by atoms with van der Waals surface area (Å²) in [6.07, 6.45) is -4.50. The van der Waals surface area contributed by atoms with Crippen LogP contribution in [0.5, 0.6) is 0 Å². The minimum absolute atomic E-state index is 0.0354. The molecule has 0 radical (unpaired) electrons. The number of hydrogen-bond acceptors (Lipinski definition) is 3. The highest BCUT2D eigenvalue weighted by molar-refractivity contribution is 7.13. The Bertz CT molecular complexity index is 985. The van der Waals surface area contributed by atoms with Gasteiger partial charge in [-0.1, -0.05) is 29.8 Å². The summed E-state index contributed by atoms with van der Waals surface area (Å²) >= 11 is 7.33. The van der Waals surface area contributed by atoms with Gasteiger partial charge >= 0.3 is 6.18 Å². The molecule has 0 unspecified atom stereocenters. The molecule has 8 heteroatoms. The Morgan fingerprint density at radius 1 is 1.22 bits per heavy atom. The maximum Gasteiger partial charge on any atom is 0.416 e. The van der Waals surface area contributed by atoms with Gasteiger partial charge in [0.1, 0.15) is 5.01 Å². The number of nitrogens with zero attached hydrogens (tertiary/aromatic N) is 1. The summed E-state index contributed by atoms with van der Waals surface area (Å²) in [5.74, 6) is -0.435. The van der Waals surface area contributed by atoms with Crippen molar-refractivity contribution in [2.24, 2.45) is 0 Å². The Labute approximate surface area is 162 Å². The van der Waals surface area contributed by atoms with Crippen LogP contribution >= 0.6 is 22.9 Å². The Morgan fingerprint density at radius 3 is 2.70 bits per heavy atom. The molecule has 0 bridgehead atoms. The van der Waals surface area contributed by atoms with E-state index in [2.05, 4.69) is 10.3 Å². The van der Waals surface area contributed by atoms with Crippen molar-refractivity contribution < 1.29 is 18.0 Å². The fourth-order valence-electron chi connectivity index (χ4n) is 2.52. The summed E-state index contributed by atoms with van der Waals surface area (Å²) < 4.78 is 38.9. The zero-order valence-corrected chi connectivity index (χ0v) is 15.7. The molecule has 140 valence electrons. The van der Waals surface area contributed by atoms with Gasteiger partial charge in [0, 0.05) is 21.7 Å². The monoisotopic (exact) mass is 410 g/mol. The lowest BCUT2D eigenvalue weighted by Crippen LogP contribution is -2.16. The van der Waals surface area contributed by atoms with Crippen LogP contribution in [-0.2, 0) is 17.4 Å². The number of carbonyl (C=O) groups is 1. The molecule has 0 fully saturated rings. The number of hydrogen-bond donors (Lipinski definition) is 1. The minimum atomic E-state index is -4.47. The van der Waals surface area contributed by atoms with E-state index in [4.69, 9.17) is 11.6 Å². The van der Waals surface area contributed by atoms with E-state index in [9.17, 15) is 18.0 Å². The Kier molecular flexibility index (Phi) is 5.53. The molecule has 1 amide bonds. The molecule has 3 nitrogen and oxygen atoms in total. The van der Waals surface area contributed by atoms with E-state index in [1.807, 2.05) is 6.07 Å². The number of aryl methyl sites for hydroxylation is 1. The number of nitrogens with one attached hydrogen (secondary N) is 1. The van der Waals surface area contributed by atoms with Gasteiger partial charge < -0.3 is 5.32 Å². The Morgan fingerprint density at radius 2 is 2.00 bits per heavy atom. The summed E-state index contributed by atoms with van der Waals surface area (Å²) in [6, 6.07) is 10.9. The van der Waals surface area contributed by atoms with Crippen LogP contribution in [0.2, 0.25) is 5.02 Å². The highest BCUT2D eigenvalue weighted by Crippen LogP contribution is 2.33. The van der Waals surface area contributed by atoms with Crippen LogP contribution in [0.15, 0.2) is 47.8 Å². The summed E-state index contributed by atoms with van der Waals surface area (Å²) in [7, 11) is 0. The van der Waals surface area contributed by atoms with Gasteiger partial charge in [0.15, 0.2) is 0 Å². The van der Waals surface area contributed by atoms with Crippen LogP contribution in [0.3, 0.4) is 0 Å². The zero-order chi connectivity index (χ0) is 19.6. The highest BCUT2D eigenvalue weighted by Gasteiger charge is 2.32. The van der Waals surface area contributed by atoms with Gasteiger partial charge in [-0.15, -0.1) is 11.3 Å². The predicted octanol–water partition coefficient (Wildman–Crippen LogP) is 5.97. The van der Waals surface area contributed by atoms with Crippen LogP contribution in [0.1, 0.15) is 16.8 Å². The first kappa shape index (κ1) is 19.4. The van der Waals surface area contributed by atoms with Crippen molar-refractivity contribution in [2.75, 3.05) is 5.32 Å². The van der Waals surface area contributed by atoms with Crippen molar-refractivity contribution in [1.29, 1.82) is 0 Å². The standard InChI is InChI=1S/C19H14ClF3N2OS/c1-11-5-6-14(8-16(11)19(21,22)23)24-17(26)9-15-10-27-18(25-15)12-3-2-4-13(20)7-12/h2-8,10H,9H2,1H3,(H,24,26). The fraction of sp³-hybridized carbons (Fsp3) is 0.158. The lowest BCUT2D eigenvalue weighted by molar-refractivity contribution is -0.138. The molecule has 3 rings (SSSR count). The summed E-state index contributed by atoms with van der Waals surface area (Å²) in [5, 5.41) is 5.54. The van der Waals surface area contributed by atoms with Gasteiger partial charge in [-0.25, -0.2) is 4.98 Å². The van der Waals surface area contributed by atoms with Crippen LogP contribution in [0.25, 0.3) is 10.6 Å². The third-order valence-electron chi connectivity index (χ3n) is 3.79. The number of thiazole rings is 1. The fourth-order valence-corrected chi connectivity index (χ4v) is 3.52. The molecule has 1 heterocycles. The Balaban J connectivity index is 1.70. The average molecular weight is 411 g/mol. The van der Waals surface area contributed by atoms with Crippen molar-refractivity contribution in [1.82, 2.24) is 4.98 Å². The molecule has 2 aromatic carbocycles. The van der Waals surface area contributed by atoms with Crippen molar-refractivity contribution in [3.05, 3.63) is 69.7 Å². The highest BCUT2D eigenvalue weighted by atomic mass is 35.5. The van der Waals surface area contributed by atoms with Crippen molar-refractivity contribution in [3.63, 3.8) is 0 Å². The molecule has 1 aromatic heterocycles. The van der Waals surface area contributed by atoms with Crippen molar-refractivity contribution >= 4 is 34.5 Å². The van der Waals surface area contributed by atoms with E-state index in [1.165, 1.54) is 30.4 Å². The first-order valence-corrected chi connectivity index (χ1v) is 9.16. The maximum atomic E-state index is 13.0. The van der Waals surface area contributed by atoms with E-state index in [1.54, 1.807) is 23.6 Å². The number of amides is 1. The van der Waals surface area contributed by atoms with Gasteiger partial charge in [0.25, 0.3) is 0 Å². The van der Waals surface area contributed by atoms with Gasteiger partial charge in [-0.2, -0.15) is 13.2 Å². The minimum Gasteiger partial charge on any atom is -0.326 e. The molecule has 0 spiro atoms. The topological polar surface area (TPSA) is 42.0 Å². The van der Waals surface area contributed by atoms with Crippen molar-refractivity contribution in [2.45, 2.75) is 19.5 Å². The molecule has 0 atom stereocenters. The molecular weight excluding hydrogens is 397 g/mol. The van der Waals surface area contributed by atoms with Gasteiger partial charge in [0.05, 0.1) is 17.7 Å². The summed E-state index contributed by atoms with van der Waals surface area (Å²) in [5.41, 5.74) is 0.815. The molecule has 0 saturated carbocycles. The lowest BCUT2D eigenvalue weighted by atomic mass is 10.1. The zero-order valence-electron chi connectivity index (χ0n) is 14.1. The molecule has 3 aromatic rings. The largest absolute Gasteiger partial charge is 0.416 e. The number of anilines is 1. The summed E-state index contributed by atoms with van der Waals surface area (Å²) in [4.78, 5) is 16.6. The van der Waals surface area contributed by atoms with Gasteiger partial charge in [-0.3, -0.25) is 4.79 Å². The average Bonchev–Trinajstić information content (AvgIpc) is 3.04. The quantitative estimate of drug-likeness (QED) is 0.575. The lowest BCUT2D eigenvalue weighted by Gasteiger charge is -2.12. The first-order valence-electron chi connectivity index (χ1n) is 7.90. The molecule has 0 saturated heterocycles. The smallest absolute Gasteiger partial charge is 0.326 e. The van der Waals surface area contributed by atoms with Crippen LogP contribution in [0.4, 0.5) is 18.9 Å². The predicted molar refractivity (Wildman–Crippen MR) is 101 cm³/mol. The number of aromatic nitrogens is 1. The molecule has 0 aliphatic heterocycles. The maximum absolute atomic E-state index is 13.0. The number of alkyl halides is 3. The number of rotatable bonds is 4. The Hall–Kier alpha value is -2.38. The molecule has 1 N–H and O–H groups in total. The number of benzene rings is 2. The first-order chi connectivity index (χ1) is 12.7. The van der Waals surface area contributed by atoms with Crippen LogP contribution in [0, 0.1) is 6.92 Å². The third-order valence-corrected chi connectivity index (χ3v) is 4.97. The van der Waals surface area contributed by atoms with E-state index < -0.39 is 17.6 Å². The molecule has 27 heavy (non-hydrogen) atoms. The second-order valence-electron chi connectivity index (χ2n) is 5.91. The van der Waals surface area contributed by atoms with Crippen LogP contribution in [-0.4, -0.2) is 10.9 Å². The summed E-state index contributed by atoms with van der Waals surface area (Å²) in [6.45, 7) is 1.38. The van der Waals surface area contributed by atoms with Gasteiger partial charge in [-0.05, 0) is 36.8 Å². The van der Waals surface area contributed by atoms with E-state index in [0.29, 0.717) is 10.7 Å². The normalized spacial score (nSPS) is 11.4. The van der Waals surface area contributed by atoms with Crippen molar-refractivity contribution in [3.8, 4) is 10.6 Å². The SMILES string of the molecule is Cc1ccc(NC(=O)Cc2csc(-c3cccc(Cl)c3)n2)cc1C(F)(F)F. The van der Waals surface area contributed by atoms with Crippen LogP contribution < -0.4 is 5.32 Å². The van der Waals surface area contributed by atoms with Gasteiger partial charge in [0.2, 0.25) is 5.91 Å². The molecule has 0 aliphatic rings. The number of carbonyl (C=O) groups excluding carboxylic acids is 1. The van der Waals surface area contributed by atoms with E-state index >= 15 is 0 Å². The second kappa shape index (κ2) is 7.70. The molecular formula is C19H14ClF3N2OS. The number of halogens is 4. The second-order valence-corrected chi connectivity index (χ2v) is 7.20. The molecule has 0 aliphatic carbocycles. The van der Waals surface area contributed by atoms with E-state index in [0.717, 1.165) is 16.6 Å². The third kappa shape index (κ3) is 4.87. The van der Waals surface area contributed by atoms with E-state index in [-0.39, 0.29) is 17.7 Å².